The molecule has 0 fully saturated rings. The van der Waals surface area contributed by atoms with Crippen molar-refractivity contribution in [3.05, 3.63) is 35.6 Å². The van der Waals surface area contributed by atoms with Crippen LogP contribution in [0.5, 0.6) is 0 Å². The van der Waals surface area contributed by atoms with E-state index in [2.05, 4.69) is 4.72 Å². The van der Waals surface area contributed by atoms with Gasteiger partial charge in [-0.2, -0.15) is 0 Å². The van der Waals surface area contributed by atoms with Crippen LogP contribution >= 0.6 is 0 Å². The second-order valence-corrected chi connectivity index (χ2v) is 5.94. The zero-order chi connectivity index (χ0) is 12.3. The summed E-state index contributed by atoms with van der Waals surface area (Å²) in [6.45, 7) is 3.82. The van der Waals surface area contributed by atoms with Crippen LogP contribution in [0.15, 0.2) is 24.3 Å². The van der Waals surface area contributed by atoms with Gasteiger partial charge in [-0.05, 0) is 23.6 Å². The third-order valence-electron chi connectivity index (χ3n) is 2.24. The summed E-state index contributed by atoms with van der Waals surface area (Å²) < 4.78 is 37.7. The van der Waals surface area contributed by atoms with E-state index < -0.39 is 10.0 Å². The zero-order valence-electron chi connectivity index (χ0n) is 9.57. The van der Waals surface area contributed by atoms with Gasteiger partial charge in [0.25, 0.3) is 0 Å². The van der Waals surface area contributed by atoms with Crippen molar-refractivity contribution >= 4 is 10.0 Å². The lowest BCUT2D eigenvalue weighted by Gasteiger charge is -2.21. The van der Waals surface area contributed by atoms with Crippen LogP contribution in [0.3, 0.4) is 0 Å². The summed E-state index contributed by atoms with van der Waals surface area (Å²) >= 11 is 0. The molecule has 3 nitrogen and oxygen atoms in total. The van der Waals surface area contributed by atoms with Crippen LogP contribution in [-0.2, 0) is 10.0 Å². The van der Waals surface area contributed by atoms with E-state index in [0.717, 1.165) is 11.8 Å². The summed E-state index contributed by atoms with van der Waals surface area (Å²) in [5.74, 6) is -0.231. The van der Waals surface area contributed by atoms with Gasteiger partial charge in [-0.3, -0.25) is 0 Å². The molecule has 0 amide bonds. The molecule has 0 aliphatic rings. The number of sulfonamides is 1. The number of nitrogens with one attached hydrogen (secondary N) is 1. The highest BCUT2D eigenvalue weighted by Gasteiger charge is 2.19. The molecule has 1 unspecified atom stereocenters. The number of hydrogen-bond acceptors (Lipinski definition) is 2. The largest absolute Gasteiger partial charge is 0.213 e. The fraction of sp³-hybridized carbons (Fsp3) is 0.455. The first-order valence-corrected chi connectivity index (χ1v) is 6.91. The van der Waals surface area contributed by atoms with Crippen molar-refractivity contribution in [2.75, 3.05) is 6.26 Å². The minimum Gasteiger partial charge on any atom is -0.213 e. The Balaban J connectivity index is 2.99. The van der Waals surface area contributed by atoms with E-state index in [9.17, 15) is 12.8 Å². The average Bonchev–Trinajstić information content (AvgIpc) is 2.14. The molecule has 16 heavy (non-hydrogen) atoms. The van der Waals surface area contributed by atoms with Crippen molar-refractivity contribution in [3.8, 4) is 0 Å². The lowest BCUT2D eigenvalue weighted by molar-refractivity contribution is 0.464. The average molecular weight is 245 g/mol. The molecular weight excluding hydrogens is 229 g/mol. The first-order chi connectivity index (χ1) is 7.29. The van der Waals surface area contributed by atoms with E-state index in [1.165, 1.54) is 12.1 Å². The second-order valence-electron chi connectivity index (χ2n) is 4.16. The van der Waals surface area contributed by atoms with Crippen molar-refractivity contribution in [1.82, 2.24) is 4.72 Å². The van der Waals surface area contributed by atoms with Gasteiger partial charge in [0, 0.05) is 6.04 Å². The molecular formula is C11H16FNO2S. The van der Waals surface area contributed by atoms with Gasteiger partial charge in [0.1, 0.15) is 5.82 Å². The van der Waals surface area contributed by atoms with Gasteiger partial charge in [-0.25, -0.2) is 17.5 Å². The molecule has 0 radical (unpaired) electrons. The molecule has 1 aromatic carbocycles. The summed E-state index contributed by atoms with van der Waals surface area (Å²) in [4.78, 5) is 0. The van der Waals surface area contributed by atoms with Gasteiger partial charge in [0.05, 0.1) is 6.26 Å². The summed E-state index contributed by atoms with van der Waals surface area (Å²) in [5.41, 5.74) is 0.766. The Hall–Kier alpha value is -0.940. The van der Waals surface area contributed by atoms with Crippen LogP contribution in [0, 0.1) is 11.7 Å². The SMILES string of the molecule is CC(C)C(NS(C)(=O)=O)c1ccc(F)cc1. The van der Waals surface area contributed by atoms with E-state index in [4.69, 9.17) is 0 Å². The van der Waals surface area contributed by atoms with E-state index in [1.54, 1.807) is 12.1 Å². The Morgan fingerprint density at radius 2 is 1.69 bits per heavy atom. The van der Waals surface area contributed by atoms with Crippen molar-refractivity contribution in [2.24, 2.45) is 5.92 Å². The fourth-order valence-electron chi connectivity index (χ4n) is 1.49. The van der Waals surface area contributed by atoms with Crippen molar-refractivity contribution in [2.45, 2.75) is 19.9 Å². The summed E-state index contributed by atoms with van der Waals surface area (Å²) in [5, 5.41) is 0. The fourth-order valence-corrected chi connectivity index (χ4v) is 2.36. The molecule has 5 heteroatoms. The molecule has 0 aliphatic carbocycles. The molecule has 0 saturated carbocycles. The number of benzene rings is 1. The number of hydrogen-bond donors (Lipinski definition) is 1. The highest BCUT2D eigenvalue weighted by atomic mass is 32.2. The van der Waals surface area contributed by atoms with Gasteiger partial charge in [0.15, 0.2) is 0 Å². The molecule has 0 aromatic heterocycles. The van der Waals surface area contributed by atoms with Gasteiger partial charge < -0.3 is 0 Å². The van der Waals surface area contributed by atoms with Crippen LogP contribution in [0.4, 0.5) is 4.39 Å². The van der Waals surface area contributed by atoms with Gasteiger partial charge in [0.2, 0.25) is 10.0 Å². The maximum absolute atomic E-state index is 12.8. The van der Waals surface area contributed by atoms with Crippen molar-refractivity contribution in [3.63, 3.8) is 0 Å². The Morgan fingerprint density at radius 1 is 1.19 bits per heavy atom. The normalized spacial score (nSPS) is 14.1. The molecule has 1 atom stereocenters. The Morgan fingerprint density at radius 3 is 2.06 bits per heavy atom. The minimum absolute atomic E-state index is 0.0974. The Labute approximate surface area is 95.7 Å². The minimum atomic E-state index is -3.27. The van der Waals surface area contributed by atoms with Crippen molar-refractivity contribution < 1.29 is 12.8 Å². The molecule has 1 N–H and O–H groups in total. The maximum Gasteiger partial charge on any atom is 0.209 e. The molecule has 0 aliphatic heterocycles. The highest BCUT2D eigenvalue weighted by molar-refractivity contribution is 7.88. The van der Waals surface area contributed by atoms with Crippen molar-refractivity contribution in [1.29, 1.82) is 0 Å². The molecule has 0 bridgehead atoms. The van der Waals surface area contributed by atoms with E-state index in [1.807, 2.05) is 13.8 Å². The van der Waals surface area contributed by atoms with Gasteiger partial charge in [-0.1, -0.05) is 26.0 Å². The van der Waals surface area contributed by atoms with Crippen LogP contribution in [0.25, 0.3) is 0 Å². The Bertz CT molecular complexity index is 440. The molecule has 1 aromatic rings. The van der Waals surface area contributed by atoms with E-state index in [-0.39, 0.29) is 17.8 Å². The van der Waals surface area contributed by atoms with E-state index in [0.29, 0.717) is 0 Å². The second kappa shape index (κ2) is 4.93. The topological polar surface area (TPSA) is 46.2 Å². The number of halogens is 1. The zero-order valence-corrected chi connectivity index (χ0v) is 10.4. The van der Waals surface area contributed by atoms with Gasteiger partial charge >= 0.3 is 0 Å². The van der Waals surface area contributed by atoms with Crippen LogP contribution in [0.2, 0.25) is 0 Å². The molecule has 0 saturated heterocycles. The van der Waals surface area contributed by atoms with Crippen LogP contribution < -0.4 is 4.72 Å². The lowest BCUT2D eigenvalue weighted by atomic mass is 9.97. The molecule has 0 spiro atoms. The predicted octanol–water partition coefficient (Wildman–Crippen LogP) is 2.07. The third-order valence-corrected chi connectivity index (χ3v) is 2.92. The maximum atomic E-state index is 12.8. The molecule has 90 valence electrons. The number of rotatable bonds is 4. The summed E-state index contributed by atoms with van der Waals surface area (Å²) in [7, 11) is -3.27. The monoisotopic (exact) mass is 245 g/mol. The van der Waals surface area contributed by atoms with Crippen LogP contribution in [-0.4, -0.2) is 14.7 Å². The predicted molar refractivity (Wildman–Crippen MR) is 62.0 cm³/mol. The van der Waals surface area contributed by atoms with E-state index >= 15 is 0 Å². The van der Waals surface area contributed by atoms with Gasteiger partial charge in [-0.15, -0.1) is 0 Å². The quantitative estimate of drug-likeness (QED) is 0.882. The smallest absolute Gasteiger partial charge is 0.209 e. The van der Waals surface area contributed by atoms with Crippen LogP contribution in [0.1, 0.15) is 25.5 Å². The lowest BCUT2D eigenvalue weighted by Crippen LogP contribution is -2.30. The first-order valence-electron chi connectivity index (χ1n) is 5.02. The standard InChI is InChI=1S/C11H16FNO2S/c1-8(2)11(13-16(3,14)15)9-4-6-10(12)7-5-9/h4-8,11,13H,1-3H3. The first kappa shape index (κ1) is 13.1. The molecule has 1 rings (SSSR count). The highest BCUT2D eigenvalue weighted by Crippen LogP contribution is 2.22. The molecule has 0 heterocycles. The summed E-state index contributed by atoms with van der Waals surface area (Å²) in [6.07, 6.45) is 1.12. The summed E-state index contributed by atoms with van der Waals surface area (Å²) in [6, 6.07) is 5.52. The Kier molecular flexibility index (Phi) is 4.04. The third kappa shape index (κ3) is 3.90.